The predicted octanol–water partition coefficient (Wildman–Crippen LogP) is 0.681. The van der Waals surface area contributed by atoms with Crippen molar-refractivity contribution in [2.45, 2.75) is 46.2 Å². The van der Waals surface area contributed by atoms with E-state index in [9.17, 15) is 9.59 Å². The minimum atomic E-state index is -1.00. The van der Waals surface area contributed by atoms with E-state index >= 15 is 0 Å². The zero-order chi connectivity index (χ0) is 13.1. The van der Waals surface area contributed by atoms with Crippen LogP contribution >= 0.6 is 0 Å². The van der Waals surface area contributed by atoms with Crippen LogP contribution in [0, 0.1) is 5.41 Å². The number of nitrogens with zero attached hydrogens (tertiary/aromatic N) is 1. The number of carboxylic acids is 1. The van der Waals surface area contributed by atoms with Gasteiger partial charge in [-0.2, -0.15) is 0 Å². The van der Waals surface area contributed by atoms with Crippen LogP contribution in [0.4, 0.5) is 0 Å². The van der Waals surface area contributed by atoms with Crippen molar-refractivity contribution >= 4 is 11.9 Å². The average molecular weight is 230 g/mol. The summed E-state index contributed by atoms with van der Waals surface area (Å²) in [5.74, 6) is -1.33. The molecule has 0 radical (unpaired) electrons. The quantitative estimate of drug-likeness (QED) is 0.744. The molecule has 0 spiro atoms. The van der Waals surface area contributed by atoms with Crippen LogP contribution in [0.2, 0.25) is 0 Å². The molecule has 0 saturated heterocycles. The standard InChI is InChI=1S/C11H22N2O3/c1-6-7(10(15)16)13(5)9(14)8(12)11(2,3)4/h7-8H,6,12H2,1-5H3,(H,15,16)/t7?,8-/m0/s1. The maximum absolute atomic E-state index is 11.9. The molecule has 16 heavy (non-hydrogen) atoms. The first-order chi connectivity index (χ1) is 7.12. The van der Waals surface area contributed by atoms with Gasteiger partial charge in [0.25, 0.3) is 0 Å². The molecule has 1 amide bonds. The Labute approximate surface area is 96.6 Å². The van der Waals surface area contributed by atoms with Gasteiger partial charge in [0.2, 0.25) is 5.91 Å². The number of hydrogen-bond donors (Lipinski definition) is 2. The van der Waals surface area contributed by atoms with Gasteiger partial charge in [0, 0.05) is 7.05 Å². The second kappa shape index (κ2) is 5.30. The summed E-state index contributed by atoms with van der Waals surface area (Å²) in [5.41, 5.74) is 5.43. The number of carboxylic acid groups (broad SMARTS) is 1. The number of rotatable bonds is 4. The van der Waals surface area contributed by atoms with Crippen LogP contribution in [-0.4, -0.2) is 41.0 Å². The van der Waals surface area contributed by atoms with Crippen molar-refractivity contribution in [1.82, 2.24) is 4.90 Å². The van der Waals surface area contributed by atoms with Crippen LogP contribution in [-0.2, 0) is 9.59 Å². The summed E-state index contributed by atoms with van der Waals surface area (Å²) in [6.07, 6.45) is 0.369. The van der Waals surface area contributed by atoms with E-state index in [-0.39, 0.29) is 11.3 Å². The van der Waals surface area contributed by atoms with Crippen LogP contribution in [0.1, 0.15) is 34.1 Å². The van der Waals surface area contributed by atoms with Crippen LogP contribution < -0.4 is 5.73 Å². The van der Waals surface area contributed by atoms with Gasteiger partial charge >= 0.3 is 5.97 Å². The lowest BCUT2D eigenvalue weighted by Crippen LogP contribution is -2.53. The minimum Gasteiger partial charge on any atom is -0.480 e. The summed E-state index contributed by atoms with van der Waals surface area (Å²) in [6, 6.07) is -1.49. The van der Waals surface area contributed by atoms with Gasteiger partial charge in [-0.05, 0) is 11.8 Å². The third kappa shape index (κ3) is 3.48. The predicted molar refractivity (Wildman–Crippen MR) is 61.9 cm³/mol. The zero-order valence-electron chi connectivity index (χ0n) is 10.7. The molecule has 0 aliphatic rings. The van der Waals surface area contributed by atoms with Crippen molar-refractivity contribution in [2.75, 3.05) is 7.05 Å². The molecule has 0 aromatic carbocycles. The van der Waals surface area contributed by atoms with Crippen LogP contribution in [0.25, 0.3) is 0 Å². The zero-order valence-corrected chi connectivity index (χ0v) is 10.7. The number of carbonyl (C=O) groups excluding carboxylic acids is 1. The van der Waals surface area contributed by atoms with Gasteiger partial charge in [0.15, 0.2) is 0 Å². The molecule has 0 saturated carbocycles. The van der Waals surface area contributed by atoms with Gasteiger partial charge in [-0.3, -0.25) is 4.79 Å². The van der Waals surface area contributed by atoms with Crippen LogP contribution in [0.5, 0.6) is 0 Å². The highest BCUT2D eigenvalue weighted by molar-refractivity contribution is 5.87. The lowest BCUT2D eigenvalue weighted by atomic mass is 9.86. The summed E-state index contributed by atoms with van der Waals surface area (Å²) >= 11 is 0. The lowest BCUT2D eigenvalue weighted by Gasteiger charge is -2.32. The van der Waals surface area contributed by atoms with Crippen LogP contribution in [0.15, 0.2) is 0 Å². The van der Waals surface area contributed by atoms with E-state index < -0.39 is 18.1 Å². The van der Waals surface area contributed by atoms with Crippen molar-refractivity contribution < 1.29 is 14.7 Å². The van der Waals surface area contributed by atoms with Crippen molar-refractivity contribution in [2.24, 2.45) is 11.1 Å². The molecule has 0 fully saturated rings. The molecule has 1 unspecified atom stereocenters. The molecule has 0 aromatic rings. The summed E-state index contributed by atoms with van der Waals surface area (Å²) < 4.78 is 0. The smallest absolute Gasteiger partial charge is 0.326 e. The molecule has 0 aliphatic heterocycles. The Kier molecular flexibility index (Phi) is 4.93. The lowest BCUT2D eigenvalue weighted by molar-refractivity contribution is -0.150. The van der Waals surface area contributed by atoms with Crippen molar-refractivity contribution in [3.8, 4) is 0 Å². The van der Waals surface area contributed by atoms with Gasteiger partial charge < -0.3 is 15.7 Å². The van der Waals surface area contributed by atoms with Crippen LogP contribution in [0.3, 0.4) is 0 Å². The maximum Gasteiger partial charge on any atom is 0.326 e. The van der Waals surface area contributed by atoms with Gasteiger partial charge in [0.05, 0.1) is 6.04 Å². The highest BCUT2D eigenvalue weighted by atomic mass is 16.4. The Balaban J connectivity index is 4.79. The molecule has 3 N–H and O–H groups in total. The molecule has 0 rings (SSSR count). The number of carbonyl (C=O) groups is 2. The second-order valence-electron chi connectivity index (χ2n) is 5.06. The molecular weight excluding hydrogens is 208 g/mol. The number of aliphatic carboxylic acids is 1. The molecule has 2 atom stereocenters. The first kappa shape index (κ1) is 14.9. The summed E-state index contributed by atoms with van der Waals surface area (Å²) in [5, 5.41) is 8.94. The number of hydrogen-bond acceptors (Lipinski definition) is 3. The molecule has 0 bridgehead atoms. The first-order valence-corrected chi connectivity index (χ1v) is 5.38. The van der Waals surface area contributed by atoms with E-state index in [2.05, 4.69) is 0 Å². The Morgan fingerprint density at radius 3 is 2.06 bits per heavy atom. The Hall–Kier alpha value is -1.10. The molecule has 0 aromatic heterocycles. The monoisotopic (exact) mass is 230 g/mol. The van der Waals surface area contributed by atoms with E-state index in [0.717, 1.165) is 0 Å². The van der Waals surface area contributed by atoms with Gasteiger partial charge in [-0.1, -0.05) is 27.7 Å². The summed E-state index contributed by atoms with van der Waals surface area (Å²) in [6.45, 7) is 7.28. The summed E-state index contributed by atoms with van der Waals surface area (Å²) in [7, 11) is 1.48. The third-order valence-corrected chi connectivity index (χ3v) is 2.69. The highest BCUT2D eigenvalue weighted by Crippen LogP contribution is 2.19. The molecule has 94 valence electrons. The Bertz CT molecular complexity index is 271. The van der Waals surface area contributed by atoms with E-state index in [0.29, 0.717) is 6.42 Å². The fourth-order valence-electron chi connectivity index (χ4n) is 1.36. The first-order valence-electron chi connectivity index (χ1n) is 5.38. The normalized spacial score (nSPS) is 15.4. The number of nitrogens with two attached hydrogens (primary N) is 1. The Morgan fingerprint density at radius 2 is 1.81 bits per heavy atom. The maximum atomic E-state index is 11.9. The molecule has 0 aliphatic carbocycles. The van der Waals surface area contributed by atoms with E-state index in [1.165, 1.54) is 11.9 Å². The minimum absolute atomic E-state index is 0.332. The summed E-state index contributed by atoms with van der Waals surface area (Å²) in [4.78, 5) is 24.1. The SMILES string of the molecule is CCC(C(=O)O)N(C)C(=O)[C@H](N)C(C)(C)C. The number of likely N-dealkylation sites (N-methyl/N-ethyl adjacent to an activating group) is 1. The van der Waals surface area contributed by atoms with E-state index in [1.54, 1.807) is 6.92 Å². The van der Waals surface area contributed by atoms with Gasteiger partial charge in [0.1, 0.15) is 6.04 Å². The molecule has 5 heteroatoms. The number of amides is 1. The topological polar surface area (TPSA) is 83.6 Å². The largest absolute Gasteiger partial charge is 0.480 e. The highest BCUT2D eigenvalue weighted by Gasteiger charge is 2.33. The fourth-order valence-corrected chi connectivity index (χ4v) is 1.36. The average Bonchev–Trinajstić information content (AvgIpc) is 2.14. The van der Waals surface area contributed by atoms with Gasteiger partial charge in [-0.25, -0.2) is 4.79 Å². The van der Waals surface area contributed by atoms with Crippen molar-refractivity contribution in [3.63, 3.8) is 0 Å². The molecule has 0 heterocycles. The second-order valence-corrected chi connectivity index (χ2v) is 5.06. The Morgan fingerprint density at radius 1 is 1.38 bits per heavy atom. The molecule has 5 nitrogen and oxygen atoms in total. The third-order valence-electron chi connectivity index (χ3n) is 2.69. The van der Waals surface area contributed by atoms with E-state index in [1.807, 2.05) is 20.8 Å². The molecular formula is C11H22N2O3. The van der Waals surface area contributed by atoms with Crippen molar-refractivity contribution in [3.05, 3.63) is 0 Å². The fraction of sp³-hybridized carbons (Fsp3) is 0.818. The van der Waals surface area contributed by atoms with Gasteiger partial charge in [-0.15, -0.1) is 0 Å². The van der Waals surface area contributed by atoms with E-state index in [4.69, 9.17) is 10.8 Å². The van der Waals surface area contributed by atoms with Crippen molar-refractivity contribution in [1.29, 1.82) is 0 Å².